The van der Waals surface area contributed by atoms with Gasteiger partial charge in [-0.1, -0.05) is 15.9 Å². The summed E-state index contributed by atoms with van der Waals surface area (Å²) in [5, 5.41) is 0. The molecule has 1 aromatic rings. The Morgan fingerprint density at radius 3 is 2.52 bits per heavy atom. The van der Waals surface area contributed by atoms with Gasteiger partial charge in [0, 0.05) is 11.5 Å². The summed E-state index contributed by atoms with van der Waals surface area (Å²) in [6.07, 6.45) is 0.468. The topological polar surface area (TPSA) is 63.7 Å². The number of ether oxygens (including phenoxy) is 1. The molecule has 0 N–H and O–H groups in total. The summed E-state index contributed by atoms with van der Waals surface area (Å²) in [6.45, 7) is 1.70. The lowest BCUT2D eigenvalue weighted by molar-refractivity contribution is -0.136. The SMILES string of the molecule is CN(C(=O)COc1ccc(Br)cc1)C1(C)CCS(=O)(=O)C1. The number of hydrogen-bond acceptors (Lipinski definition) is 4. The predicted molar refractivity (Wildman–Crippen MR) is 84.1 cm³/mol. The molecule has 116 valence electrons. The summed E-state index contributed by atoms with van der Waals surface area (Å²) in [5.41, 5.74) is -0.640. The van der Waals surface area contributed by atoms with Crippen molar-refractivity contribution in [1.29, 1.82) is 0 Å². The van der Waals surface area contributed by atoms with Gasteiger partial charge in [-0.3, -0.25) is 4.79 Å². The van der Waals surface area contributed by atoms with E-state index in [0.717, 1.165) is 4.47 Å². The Kier molecular flexibility index (Phi) is 4.63. The smallest absolute Gasteiger partial charge is 0.260 e. The van der Waals surface area contributed by atoms with Gasteiger partial charge in [-0.2, -0.15) is 0 Å². The van der Waals surface area contributed by atoms with Crippen LogP contribution < -0.4 is 4.74 Å². The maximum absolute atomic E-state index is 12.2. The van der Waals surface area contributed by atoms with Crippen LogP contribution in [0, 0.1) is 0 Å². The van der Waals surface area contributed by atoms with Gasteiger partial charge in [-0.25, -0.2) is 8.42 Å². The van der Waals surface area contributed by atoms with Gasteiger partial charge in [-0.15, -0.1) is 0 Å². The van der Waals surface area contributed by atoms with Crippen LogP contribution in [0.1, 0.15) is 13.3 Å². The number of benzene rings is 1. The van der Waals surface area contributed by atoms with Gasteiger partial charge in [-0.05, 0) is 37.6 Å². The molecule has 0 spiro atoms. The molecule has 0 saturated carbocycles. The van der Waals surface area contributed by atoms with Crippen molar-refractivity contribution in [3.05, 3.63) is 28.7 Å². The Bertz CT molecular complexity index is 629. The van der Waals surface area contributed by atoms with Crippen LogP contribution in [0.5, 0.6) is 5.75 Å². The quantitative estimate of drug-likeness (QED) is 0.805. The number of nitrogens with zero attached hydrogens (tertiary/aromatic N) is 1. The monoisotopic (exact) mass is 375 g/mol. The molecule has 1 aliphatic rings. The van der Waals surface area contributed by atoms with E-state index in [1.165, 1.54) is 4.90 Å². The zero-order chi connectivity index (χ0) is 15.7. The van der Waals surface area contributed by atoms with Crippen molar-refractivity contribution in [3.8, 4) is 5.75 Å². The van der Waals surface area contributed by atoms with E-state index in [0.29, 0.717) is 12.2 Å². The van der Waals surface area contributed by atoms with Crippen molar-refractivity contribution in [2.24, 2.45) is 0 Å². The van der Waals surface area contributed by atoms with Gasteiger partial charge in [0.1, 0.15) is 5.75 Å². The lowest BCUT2D eigenvalue weighted by atomic mass is 10.00. The molecule has 1 aromatic carbocycles. The number of sulfone groups is 1. The third kappa shape index (κ3) is 3.97. The van der Waals surface area contributed by atoms with Crippen LogP contribution in [0.3, 0.4) is 0 Å². The summed E-state index contributed by atoms with van der Waals surface area (Å²) in [4.78, 5) is 13.7. The van der Waals surface area contributed by atoms with E-state index in [-0.39, 0.29) is 24.0 Å². The predicted octanol–water partition coefficient (Wildman–Crippen LogP) is 1.86. The lowest BCUT2D eigenvalue weighted by Gasteiger charge is -2.34. The van der Waals surface area contributed by atoms with Crippen molar-refractivity contribution >= 4 is 31.7 Å². The average molecular weight is 376 g/mol. The molecule has 21 heavy (non-hydrogen) atoms. The first-order valence-corrected chi connectivity index (χ1v) is 9.19. The zero-order valence-electron chi connectivity index (χ0n) is 12.0. The summed E-state index contributed by atoms with van der Waals surface area (Å²) < 4.78 is 29.6. The number of hydrogen-bond donors (Lipinski definition) is 0. The molecule has 7 heteroatoms. The highest BCUT2D eigenvalue weighted by molar-refractivity contribution is 9.10. The van der Waals surface area contributed by atoms with Crippen LogP contribution >= 0.6 is 15.9 Å². The molecule has 1 unspecified atom stereocenters. The van der Waals surface area contributed by atoms with E-state index in [9.17, 15) is 13.2 Å². The Balaban J connectivity index is 1.95. The van der Waals surface area contributed by atoms with Crippen LogP contribution in [0.15, 0.2) is 28.7 Å². The molecular formula is C14H18BrNO4S. The highest BCUT2D eigenvalue weighted by Gasteiger charge is 2.43. The molecule has 5 nitrogen and oxygen atoms in total. The fraction of sp³-hybridized carbons (Fsp3) is 0.500. The molecule has 0 aliphatic carbocycles. The fourth-order valence-electron chi connectivity index (χ4n) is 2.33. The number of carbonyl (C=O) groups is 1. The van der Waals surface area contributed by atoms with Gasteiger partial charge < -0.3 is 9.64 Å². The molecule has 0 aromatic heterocycles. The van der Waals surface area contributed by atoms with Gasteiger partial charge in [0.25, 0.3) is 5.91 Å². The van der Waals surface area contributed by atoms with Crippen LogP contribution in [0.2, 0.25) is 0 Å². The largest absolute Gasteiger partial charge is 0.484 e. The van der Waals surface area contributed by atoms with Gasteiger partial charge in [0.15, 0.2) is 16.4 Å². The van der Waals surface area contributed by atoms with Crippen molar-refractivity contribution in [3.63, 3.8) is 0 Å². The highest BCUT2D eigenvalue weighted by atomic mass is 79.9. The summed E-state index contributed by atoms with van der Waals surface area (Å²) in [5.74, 6) is 0.525. The molecule has 1 atom stereocenters. The molecule has 0 radical (unpaired) electrons. The van der Waals surface area contributed by atoms with E-state index in [2.05, 4.69) is 15.9 Å². The van der Waals surface area contributed by atoms with Crippen LogP contribution in [0.4, 0.5) is 0 Å². The fourth-order valence-corrected chi connectivity index (χ4v) is 4.78. The van der Waals surface area contributed by atoms with E-state index < -0.39 is 15.4 Å². The number of halogens is 1. The molecule has 1 aliphatic heterocycles. The van der Waals surface area contributed by atoms with E-state index in [1.54, 1.807) is 26.1 Å². The minimum atomic E-state index is -3.04. The van der Waals surface area contributed by atoms with Crippen molar-refractivity contribution < 1.29 is 17.9 Å². The number of amides is 1. The first-order chi connectivity index (χ1) is 9.72. The highest BCUT2D eigenvalue weighted by Crippen LogP contribution is 2.28. The Morgan fingerprint density at radius 2 is 2.00 bits per heavy atom. The van der Waals surface area contributed by atoms with E-state index in [1.807, 2.05) is 12.1 Å². The second-order valence-corrected chi connectivity index (χ2v) is 8.63. The molecule has 1 saturated heterocycles. The zero-order valence-corrected chi connectivity index (χ0v) is 14.4. The first kappa shape index (κ1) is 16.3. The number of rotatable bonds is 4. The second-order valence-electron chi connectivity index (χ2n) is 5.53. The van der Waals surface area contributed by atoms with E-state index >= 15 is 0 Å². The van der Waals surface area contributed by atoms with Crippen molar-refractivity contribution in [1.82, 2.24) is 4.90 Å². The molecule has 0 bridgehead atoms. The first-order valence-electron chi connectivity index (χ1n) is 6.57. The van der Waals surface area contributed by atoms with Crippen molar-refractivity contribution in [2.45, 2.75) is 18.9 Å². The number of likely N-dealkylation sites (N-methyl/N-ethyl adjacent to an activating group) is 1. The van der Waals surface area contributed by atoms with Crippen LogP contribution in [-0.2, 0) is 14.6 Å². The summed E-state index contributed by atoms with van der Waals surface area (Å²) >= 11 is 3.32. The maximum atomic E-state index is 12.2. The molecule has 1 heterocycles. The standard InChI is InChI=1S/C14H18BrNO4S/c1-14(7-8-21(18,19)10-14)16(2)13(17)9-20-12-5-3-11(15)4-6-12/h3-6H,7-10H2,1-2H3. The van der Waals surface area contributed by atoms with Gasteiger partial charge in [0.05, 0.1) is 17.0 Å². The Hall–Kier alpha value is -1.08. The van der Waals surface area contributed by atoms with Crippen molar-refractivity contribution in [2.75, 3.05) is 25.2 Å². The third-order valence-electron chi connectivity index (χ3n) is 3.84. The summed E-state index contributed by atoms with van der Waals surface area (Å²) in [7, 11) is -1.41. The van der Waals surface area contributed by atoms with Crippen LogP contribution in [0.25, 0.3) is 0 Å². The van der Waals surface area contributed by atoms with Gasteiger partial charge in [0.2, 0.25) is 0 Å². The third-order valence-corrected chi connectivity index (χ3v) is 6.26. The van der Waals surface area contributed by atoms with Gasteiger partial charge >= 0.3 is 0 Å². The average Bonchev–Trinajstić information content (AvgIpc) is 2.72. The lowest BCUT2D eigenvalue weighted by Crippen LogP contribution is -2.49. The van der Waals surface area contributed by atoms with E-state index in [4.69, 9.17) is 4.74 Å². The minimum absolute atomic E-state index is 0.0144. The number of carbonyl (C=O) groups excluding carboxylic acids is 1. The molecule has 1 amide bonds. The molecular weight excluding hydrogens is 358 g/mol. The Morgan fingerprint density at radius 1 is 1.38 bits per heavy atom. The second kappa shape index (κ2) is 5.96. The normalized spacial score (nSPS) is 23.8. The maximum Gasteiger partial charge on any atom is 0.260 e. The van der Waals surface area contributed by atoms with Crippen LogP contribution in [-0.4, -0.2) is 49.9 Å². The minimum Gasteiger partial charge on any atom is -0.484 e. The molecule has 2 rings (SSSR count). The summed E-state index contributed by atoms with van der Waals surface area (Å²) in [6, 6.07) is 7.18. The Labute approximate surface area is 133 Å². The molecule has 1 fully saturated rings.